The van der Waals surface area contributed by atoms with Gasteiger partial charge in [-0.3, -0.25) is 19.7 Å². The molecule has 3 rings (SSSR count). The molecular formula is C26H31N3O6. The number of nitrogens with zero attached hydrogens (tertiary/aromatic N) is 3. The van der Waals surface area contributed by atoms with Gasteiger partial charge in [0.15, 0.2) is 0 Å². The van der Waals surface area contributed by atoms with E-state index >= 15 is 0 Å². The third-order valence-corrected chi connectivity index (χ3v) is 5.84. The van der Waals surface area contributed by atoms with E-state index < -0.39 is 22.7 Å². The monoisotopic (exact) mass is 481 g/mol. The summed E-state index contributed by atoms with van der Waals surface area (Å²) in [6, 6.07) is 11.6. The maximum absolute atomic E-state index is 13.1. The summed E-state index contributed by atoms with van der Waals surface area (Å²) in [7, 11) is 3.83. The summed E-state index contributed by atoms with van der Waals surface area (Å²) in [5.74, 6) is -1.24. The molecule has 1 fully saturated rings. The van der Waals surface area contributed by atoms with E-state index in [9.17, 15) is 24.8 Å². The van der Waals surface area contributed by atoms with Crippen molar-refractivity contribution in [2.45, 2.75) is 32.2 Å². The number of ketones is 1. The number of nitro benzene ring substituents is 1. The number of carbonyl (C=O) groups is 2. The van der Waals surface area contributed by atoms with Crippen molar-refractivity contribution in [3.63, 3.8) is 0 Å². The van der Waals surface area contributed by atoms with Crippen LogP contribution in [0.4, 0.5) is 5.69 Å². The first kappa shape index (κ1) is 25.9. The van der Waals surface area contributed by atoms with Crippen LogP contribution >= 0.6 is 0 Å². The van der Waals surface area contributed by atoms with Crippen LogP contribution < -0.4 is 4.74 Å². The van der Waals surface area contributed by atoms with Crippen LogP contribution in [0.2, 0.25) is 0 Å². The van der Waals surface area contributed by atoms with Gasteiger partial charge in [0.25, 0.3) is 17.4 Å². The van der Waals surface area contributed by atoms with E-state index in [0.29, 0.717) is 43.0 Å². The molecule has 0 aromatic heterocycles. The molecule has 1 saturated heterocycles. The fraction of sp³-hybridized carbons (Fsp3) is 0.385. The van der Waals surface area contributed by atoms with Gasteiger partial charge in [0.05, 0.1) is 23.1 Å². The number of benzene rings is 2. The molecule has 2 aromatic rings. The second-order valence-electron chi connectivity index (χ2n) is 8.73. The maximum Gasteiger partial charge on any atom is 0.295 e. The molecule has 1 unspecified atom stereocenters. The van der Waals surface area contributed by atoms with Crippen LogP contribution in [0.1, 0.15) is 43.4 Å². The number of likely N-dealkylation sites (tertiary alicyclic amines) is 1. The van der Waals surface area contributed by atoms with Crippen LogP contribution in [0.15, 0.2) is 54.1 Å². The van der Waals surface area contributed by atoms with Gasteiger partial charge < -0.3 is 19.6 Å². The Morgan fingerprint density at radius 3 is 2.49 bits per heavy atom. The number of amides is 1. The van der Waals surface area contributed by atoms with Gasteiger partial charge in [-0.05, 0) is 63.3 Å². The first-order valence-electron chi connectivity index (χ1n) is 11.6. The van der Waals surface area contributed by atoms with E-state index in [2.05, 4.69) is 6.92 Å². The van der Waals surface area contributed by atoms with Crippen LogP contribution in [-0.4, -0.2) is 65.3 Å². The highest BCUT2D eigenvalue weighted by molar-refractivity contribution is 6.46. The van der Waals surface area contributed by atoms with Crippen molar-refractivity contribution in [3.05, 3.63) is 75.3 Å². The Kier molecular flexibility index (Phi) is 8.59. The number of hydrogen-bond donors (Lipinski definition) is 1. The second-order valence-corrected chi connectivity index (χ2v) is 8.73. The molecule has 0 aliphatic carbocycles. The minimum Gasteiger partial charge on any atom is -0.507 e. The molecule has 1 aliphatic heterocycles. The van der Waals surface area contributed by atoms with Gasteiger partial charge in [-0.15, -0.1) is 0 Å². The molecular weight excluding hydrogens is 450 g/mol. The van der Waals surface area contributed by atoms with E-state index in [1.54, 1.807) is 24.3 Å². The molecule has 35 heavy (non-hydrogen) atoms. The first-order valence-corrected chi connectivity index (χ1v) is 11.6. The average molecular weight is 482 g/mol. The number of unbranched alkanes of at least 4 members (excludes halogenated alkanes) is 1. The number of aliphatic hydroxyl groups excluding tert-OH is 1. The van der Waals surface area contributed by atoms with Crippen molar-refractivity contribution < 1.29 is 24.4 Å². The van der Waals surface area contributed by atoms with Gasteiger partial charge in [0.2, 0.25) is 0 Å². The summed E-state index contributed by atoms with van der Waals surface area (Å²) in [4.78, 5) is 40.1. The van der Waals surface area contributed by atoms with Crippen LogP contribution in [0.3, 0.4) is 0 Å². The normalized spacial score (nSPS) is 17.3. The second kappa shape index (κ2) is 11.6. The minimum absolute atomic E-state index is 0.0422. The van der Waals surface area contributed by atoms with Gasteiger partial charge in [0, 0.05) is 24.2 Å². The third kappa shape index (κ3) is 6.05. The summed E-state index contributed by atoms with van der Waals surface area (Å²) in [6.07, 6.45) is 2.48. The zero-order valence-corrected chi connectivity index (χ0v) is 20.3. The molecule has 0 bridgehead atoms. The van der Waals surface area contributed by atoms with Crippen molar-refractivity contribution in [2.24, 2.45) is 0 Å². The van der Waals surface area contributed by atoms with Crippen LogP contribution in [0, 0.1) is 10.1 Å². The quantitative estimate of drug-likeness (QED) is 0.128. The number of carbonyl (C=O) groups excluding carboxylic acids is 2. The SMILES string of the molecule is CCCCOc1cccc(C(O)=C2C(=O)C(=O)N(CCCN(C)C)C2c2ccc([N+](=O)[O-])cc2)c1. The topological polar surface area (TPSA) is 113 Å². The Balaban J connectivity index is 2.04. The molecule has 186 valence electrons. The zero-order valence-electron chi connectivity index (χ0n) is 20.3. The summed E-state index contributed by atoms with van der Waals surface area (Å²) in [5.41, 5.74) is 0.725. The Bertz CT molecular complexity index is 1110. The highest BCUT2D eigenvalue weighted by atomic mass is 16.6. The molecule has 9 heteroatoms. The lowest BCUT2D eigenvalue weighted by Gasteiger charge is -2.26. The van der Waals surface area contributed by atoms with Crippen molar-refractivity contribution in [3.8, 4) is 5.75 Å². The number of hydrogen-bond acceptors (Lipinski definition) is 7. The third-order valence-electron chi connectivity index (χ3n) is 5.84. The van der Waals surface area contributed by atoms with Crippen molar-refractivity contribution >= 4 is 23.1 Å². The van der Waals surface area contributed by atoms with E-state index in [4.69, 9.17) is 4.74 Å². The van der Waals surface area contributed by atoms with E-state index in [-0.39, 0.29) is 17.0 Å². The molecule has 1 aliphatic rings. The van der Waals surface area contributed by atoms with Gasteiger partial charge in [-0.1, -0.05) is 25.5 Å². The number of nitro groups is 1. The predicted octanol–water partition coefficient (Wildman–Crippen LogP) is 4.15. The van der Waals surface area contributed by atoms with E-state index in [1.165, 1.54) is 29.2 Å². The van der Waals surface area contributed by atoms with Gasteiger partial charge in [0.1, 0.15) is 11.5 Å². The summed E-state index contributed by atoms with van der Waals surface area (Å²) in [5, 5.41) is 22.3. The van der Waals surface area contributed by atoms with Gasteiger partial charge in [-0.2, -0.15) is 0 Å². The summed E-state index contributed by atoms with van der Waals surface area (Å²) < 4.78 is 5.73. The van der Waals surface area contributed by atoms with E-state index in [0.717, 1.165) is 12.8 Å². The molecule has 0 spiro atoms. The van der Waals surface area contributed by atoms with Crippen molar-refractivity contribution in [2.75, 3.05) is 33.8 Å². The van der Waals surface area contributed by atoms with Crippen molar-refractivity contribution in [1.82, 2.24) is 9.80 Å². The molecule has 1 N–H and O–H groups in total. The number of non-ortho nitro benzene ring substituents is 1. The molecule has 1 heterocycles. The molecule has 1 amide bonds. The number of aliphatic hydroxyl groups is 1. The highest BCUT2D eigenvalue weighted by Gasteiger charge is 2.45. The minimum atomic E-state index is -0.859. The molecule has 1 atom stereocenters. The van der Waals surface area contributed by atoms with E-state index in [1.807, 2.05) is 19.0 Å². The smallest absolute Gasteiger partial charge is 0.295 e. The van der Waals surface area contributed by atoms with Crippen LogP contribution in [-0.2, 0) is 9.59 Å². The van der Waals surface area contributed by atoms with Crippen LogP contribution in [0.25, 0.3) is 5.76 Å². The Morgan fingerprint density at radius 1 is 1.14 bits per heavy atom. The fourth-order valence-corrected chi connectivity index (χ4v) is 4.02. The molecule has 0 radical (unpaired) electrons. The Hall–Kier alpha value is -3.72. The van der Waals surface area contributed by atoms with Crippen LogP contribution in [0.5, 0.6) is 5.75 Å². The number of ether oxygens (including phenoxy) is 1. The molecule has 9 nitrogen and oxygen atoms in total. The number of Topliss-reactive ketones (excluding diaryl/α,β-unsaturated/α-hetero) is 1. The Morgan fingerprint density at radius 2 is 1.86 bits per heavy atom. The fourth-order valence-electron chi connectivity index (χ4n) is 4.02. The lowest BCUT2D eigenvalue weighted by molar-refractivity contribution is -0.384. The lowest BCUT2D eigenvalue weighted by Crippen LogP contribution is -2.32. The van der Waals surface area contributed by atoms with Gasteiger partial charge >= 0.3 is 0 Å². The predicted molar refractivity (Wildman–Crippen MR) is 132 cm³/mol. The summed E-state index contributed by atoms with van der Waals surface area (Å²) in [6.45, 7) is 3.58. The largest absolute Gasteiger partial charge is 0.507 e. The maximum atomic E-state index is 13.1. The summed E-state index contributed by atoms with van der Waals surface area (Å²) >= 11 is 0. The molecule has 0 saturated carbocycles. The van der Waals surface area contributed by atoms with Gasteiger partial charge in [-0.25, -0.2) is 0 Å². The number of rotatable bonds is 11. The zero-order chi connectivity index (χ0) is 25.5. The highest BCUT2D eigenvalue weighted by Crippen LogP contribution is 2.40. The standard InChI is InChI=1S/C26H31N3O6/c1-4-5-16-35-21-9-6-8-19(17-21)24(30)22-23(18-10-12-20(13-11-18)29(33)34)28(26(32)25(22)31)15-7-14-27(2)3/h6,8-13,17,23,30H,4-5,7,14-16H2,1-3H3. The lowest BCUT2D eigenvalue weighted by atomic mass is 9.95. The molecule has 2 aromatic carbocycles. The first-order chi connectivity index (χ1) is 16.7. The average Bonchev–Trinajstić information content (AvgIpc) is 3.09. The Labute approximate surface area is 204 Å². The van der Waals surface area contributed by atoms with Crippen molar-refractivity contribution in [1.29, 1.82) is 0 Å².